The van der Waals surface area contributed by atoms with E-state index in [-0.39, 0.29) is 5.52 Å². The minimum atomic E-state index is -0.813. The lowest BCUT2D eigenvalue weighted by molar-refractivity contribution is 0.370. The van der Waals surface area contributed by atoms with Crippen LogP contribution in [0.3, 0.4) is 0 Å². The van der Waals surface area contributed by atoms with Crippen LogP contribution < -0.4 is 0 Å². The van der Waals surface area contributed by atoms with Gasteiger partial charge in [-0.25, -0.2) is 8.78 Å². The van der Waals surface area contributed by atoms with Crippen molar-refractivity contribution < 1.29 is 8.78 Å². The first-order valence-corrected chi connectivity index (χ1v) is 7.08. The third kappa shape index (κ3) is 1.67. The van der Waals surface area contributed by atoms with Gasteiger partial charge in [0.1, 0.15) is 5.52 Å². The van der Waals surface area contributed by atoms with E-state index in [0.717, 1.165) is 18.5 Å². The number of rotatable bonds is 3. The molecule has 4 rings (SSSR count). The minimum absolute atomic E-state index is 0.289. The van der Waals surface area contributed by atoms with Gasteiger partial charge < -0.3 is 9.55 Å². The maximum atomic E-state index is 14.0. The Bertz CT molecular complexity index is 723. The van der Waals surface area contributed by atoms with E-state index in [9.17, 15) is 8.78 Å². The zero-order valence-electron chi connectivity index (χ0n) is 10.4. The summed E-state index contributed by atoms with van der Waals surface area (Å²) in [5.41, 5.74) is 1.17. The number of benzene rings is 1. The van der Waals surface area contributed by atoms with Gasteiger partial charge in [-0.2, -0.15) is 0 Å². The van der Waals surface area contributed by atoms with Gasteiger partial charge in [-0.1, -0.05) is 0 Å². The van der Waals surface area contributed by atoms with E-state index in [1.807, 2.05) is 0 Å². The van der Waals surface area contributed by atoms with Crippen LogP contribution in [-0.4, -0.2) is 9.55 Å². The molecule has 0 aliphatic heterocycles. The van der Waals surface area contributed by atoms with Crippen LogP contribution in [0.15, 0.2) is 12.1 Å². The Hall–Kier alpha value is -1.23. The van der Waals surface area contributed by atoms with Crippen LogP contribution in [-0.2, 0) is 6.54 Å². The Morgan fingerprint density at radius 1 is 1.32 bits per heavy atom. The van der Waals surface area contributed by atoms with Gasteiger partial charge in [0.25, 0.3) is 0 Å². The van der Waals surface area contributed by atoms with Crippen molar-refractivity contribution in [1.82, 2.24) is 9.55 Å². The lowest BCUT2D eigenvalue weighted by atomic mass is 10.0. The average Bonchev–Trinajstić information content (AvgIpc) is 3.23. The molecule has 1 aromatic carbocycles. The molecule has 0 bridgehead atoms. The van der Waals surface area contributed by atoms with Crippen LogP contribution >= 0.6 is 12.2 Å². The predicted octanol–water partition coefficient (Wildman–Crippen LogP) is 4.17. The second kappa shape index (κ2) is 3.66. The molecule has 1 heterocycles. The fourth-order valence-corrected chi connectivity index (χ4v) is 3.47. The molecule has 0 atom stereocenters. The summed E-state index contributed by atoms with van der Waals surface area (Å²) in [4.78, 5) is 2.98. The molecule has 2 aliphatic rings. The van der Waals surface area contributed by atoms with Crippen molar-refractivity contribution in [2.24, 2.45) is 11.3 Å². The molecule has 0 unspecified atom stereocenters. The second-order valence-electron chi connectivity index (χ2n) is 5.91. The molecule has 0 spiro atoms. The van der Waals surface area contributed by atoms with Crippen LogP contribution in [0.4, 0.5) is 8.78 Å². The lowest BCUT2D eigenvalue weighted by Crippen LogP contribution is -2.14. The van der Waals surface area contributed by atoms with E-state index >= 15 is 0 Å². The summed E-state index contributed by atoms with van der Waals surface area (Å²) in [6, 6.07) is 2.69. The Morgan fingerprint density at radius 2 is 2.05 bits per heavy atom. The largest absolute Gasteiger partial charge is 0.330 e. The van der Waals surface area contributed by atoms with Crippen LogP contribution in [0.5, 0.6) is 0 Å². The highest BCUT2D eigenvalue weighted by Gasteiger charge is 2.54. The van der Waals surface area contributed by atoms with Crippen molar-refractivity contribution in [3.8, 4) is 0 Å². The first-order chi connectivity index (χ1) is 9.11. The fraction of sp³-hybridized carbons (Fsp3) is 0.500. The van der Waals surface area contributed by atoms with Crippen LogP contribution in [0, 0.1) is 27.7 Å². The van der Waals surface area contributed by atoms with Crippen LogP contribution in [0.25, 0.3) is 11.0 Å². The summed E-state index contributed by atoms with van der Waals surface area (Å²) in [6.45, 7) is 0.719. The molecule has 0 amide bonds. The molecule has 2 saturated carbocycles. The van der Waals surface area contributed by atoms with Gasteiger partial charge in [0.15, 0.2) is 16.4 Å². The number of hydrogen-bond acceptors (Lipinski definition) is 1. The molecule has 2 fully saturated rings. The van der Waals surface area contributed by atoms with Gasteiger partial charge in [0.05, 0.1) is 5.52 Å². The fourth-order valence-electron chi connectivity index (χ4n) is 3.21. The van der Waals surface area contributed by atoms with Gasteiger partial charge in [-0.05, 0) is 61.4 Å². The lowest BCUT2D eigenvalue weighted by Gasteiger charge is -2.15. The second-order valence-corrected chi connectivity index (χ2v) is 6.30. The third-order valence-corrected chi connectivity index (χ3v) is 4.96. The van der Waals surface area contributed by atoms with Crippen molar-refractivity contribution in [3.63, 3.8) is 0 Å². The number of aromatic amines is 1. The number of fused-ring (bicyclic) bond motifs is 1. The molecule has 0 saturated heterocycles. The van der Waals surface area contributed by atoms with Gasteiger partial charge in [-0.3, -0.25) is 0 Å². The van der Waals surface area contributed by atoms with Crippen molar-refractivity contribution >= 4 is 23.3 Å². The molecule has 19 heavy (non-hydrogen) atoms. The Kier molecular flexibility index (Phi) is 2.23. The van der Waals surface area contributed by atoms with Gasteiger partial charge in [0, 0.05) is 6.54 Å². The monoisotopic (exact) mass is 280 g/mol. The number of nitrogens with one attached hydrogen (secondary N) is 1. The predicted molar refractivity (Wildman–Crippen MR) is 71.4 cm³/mol. The molecule has 0 radical (unpaired) electrons. The first kappa shape index (κ1) is 11.6. The van der Waals surface area contributed by atoms with E-state index in [4.69, 9.17) is 12.2 Å². The van der Waals surface area contributed by atoms with Crippen molar-refractivity contribution in [1.29, 1.82) is 0 Å². The Morgan fingerprint density at radius 3 is 2.68 bits per heavy atom. The number of aromatic nitrogens is 2. The van der Waals surface area contributed by atoms with E-state index in [0.29, 0.717) is 15.7 Å². The summed E-state index contributed by atoms with van der Waals surface area (Å²) < 4.78 is 29.7. The van der Waals surface area contributed by atoms with Crippen LogP contribution in [0.2, 0.25) is 0 Å². The Labute approximate surface area is 114 Å². The van der Waals surface area contributed by atoms with Gasteiger partial charge >= 0.3 is 0 Å². The molecular formula is C14H14F2N2S. The van der Waals surface area contributed by atoms with Crippen molar-refractivity contribution in [2.75, 3.05) is 0 Å². The van der Waals surface area contributed by atoms with Gasteiger partial charge in [0.2, 0.25) is 0 Å². The summed E-state index contributed by atoms with van der Waals surface area (Å²) >= 11 is 5.28. The molecule has 2 aromatic rings. The molecule has 2 aliphatic carbocycles. The number of H-pyrrole nitrogens is 1. The number of nitrogens with zero attached hydrogens (tertiary/aromatic N) is 1. The highest BCUT2D eigenvalue weighted by Crippen LogP contribution is 2.62. The molecule has 1 N–H and O–H groups in total. The normalized spacial score (nSPS) is 20.9. The average molecular weight is 280 g/mol. The maximum absolute atomic E-state index is 14.0. The smallest absolute Gasteiger partial charge is 0.184 e. The molecular weight excluding hydrogens is 266 g/mol. The van der Waals surface area contributed by atoms with E-state index < -0.39 is 11.6 Å². The number of halogens is 2. The van der Waals surface area contributed by atoms with Crippen molar-refractivity contribution in [2.45, 2.75) is 32.2 Å². The summed E-state index contributed by atoms with van der Waals surface area (Å²) in [7, 11) is 0. The quantitative estimate of drug-likeness (QED) is 0.837. The third-order valence-electron chi connectivity index (χ3n) is 4.63. The van der Waals surface area contributed by atoms with E-state index in [1.165, 1.54) is 25.7 Å². The van der Waals surface area contributed by atoms with Gasteiger partial charge in [-0.15, -0.1) is 0 Å². The van der Waals surface area contributed by atoms with E-state index in [2.05, 4.69) is 4.98 Å². The van der Waals surface area contributed by atoms with Crippen molar-refractivity contribution in [3.05, 3.63) is 28.5 Å². The zero-order valence-corrected chi connectivity index (χ0v) is 11.2. The maximum Gasteiger partial charge on any atom is 0.184 e. The molecule has 1 aromatic heterocycles. The SMILES string of the molecule is Fc1ccc2[nH]c(=S)n(CC3(C4CC4)CC3)c2c1F. The number of hydrogen-bond donors (Lipinski definition) is 1. The zero-order chi connectivity index (χ0) is 13.2. The van der Waals surface area contributed by atoms with Crippen LogP contribution in [0.1, 0.15) is 25.7 Å². The summed E-state index contributed by atoms with van der Waals surface area (Å²) in [5.74, 6) is -0.848. The van der Waals surface area contributed by atoms with E-state index in [1.54, 1.807) is 10.6 Å². The molecule has 5 heteroatoms. The summed E-state index contributed by atoms with van der Waals surface area (Å²) in [6.07, 6.45) is 4.91. The standard InChI is InChI=1S/C14H14F2N2S/c15-9-3-4-10-12(11(9)16)18(13(19)17-10)7-14(5-6-14)8-1-2-8/h3-4,8H,1-2,5-7H2,(H,17,19). The minimum Gasteiger partial charge on any atom is -0.330 e. The number of imidazole rings is 1. The molecule has 100 valence electrons. The highest BCUT2D eigenvalue weighted by molar-refractivity contribution is 7.71. The Balaban J connectivity index is 1.86. The first-order valence-electron chi connectivity index (χ1n) is 6.67. The summed E-state index contributed by atoms with van der Waals surface area (Å²) in [5, 5.41) is 0. The highest BCUT2D eigenvalue weighted by atomic mass is 32.1. The topological polar surface area (TPSA) is 20.7 Å². The molecule has 2 nitrogen and oxygen atoms in total.